The van der Waals surface area contributed by atoms with Gasteiger partial charge in [0.2, 0.25) is 0 Å². The van der Waals surface area contributed by atoms with E-state index in [2.05, 4.69) is 9.97 Å². The quantitative estimate of drug-likeness (QED) is 0.795. The average Bonchev–Trinajstić information content (AvgIpc) is 2.29. The number of carboxylic acids is 1. The highest BCUT2D eigenvalue weighted by atomic mass is 16.4. The molecule has 0 spiro atoms. The number of aromatic carboxylic acids is 1. The summed E-state index contributed by atoms with van der Waals surface area (Å²) >= 11 is 0. The Hall–Kier alpha value is -2.43. The molecule has 2 rings (SSSR count). The summed E-state index contributed by atoms with van der Waals surface area (Å²) in [5.41, 5.74) is 0.784. The number of hydrogen-bond donors (Lipinski definition) is 2. The van der Waals surface area contributed by atoms with E-state index in [1.54, 1.807) is 18.3 Å². The smallest absolute Gasteiger partial charge is 0.340 e. The number of nitrogens with zero attached hydrogens (tertiary/aromatic N) is 2. The van der Waals surface area contributed by atoms with Gasteiger partial charge < -0.3 is 10.2 Å². The van der Waals surface area contributed by atoms with Crippen LogP contribution in [-0.4, -0.2) is 26.2 Å². The standard InChI is InChI=1S/C11H8N2O3/c14-9-6-13-5-8(10(9)11(15)16)7-2-1-3-12-4-7/h1-6,14H,(H,15,16). The second-order valence-electron chi connectivity index (χ2n) is 3.13. The number of rotatable bonds is 2. The largest absolute Gasteiger partial charge is 0.505 e. The van der Waals surface area contributed by atoms with Gasteiger partial charge >= 0.3 is 5.97 Å². The molecule has 0 radical (unpaired) electrons. The minimum Gasteiger partial charge on any atom is -0.505 e. The molecule has 0 saturated heterocycles. The van der Waals surface area contributed by atoms with Crippen molar-refractivity contribution in [3.05, 3.63) is 42.5 Å². The van der Waals surface area contributed by atoms with Crippen LogP contribution < -0.4 is 0 Å². The second kappa shape index (κ2) is 3.98. The van der Waals surface area contributed by atoms with E-state index in [0.29, 0.717) is 11.1 Å². The lowest BCUT2D eigenvalue weighted by atomic mass is 10.0. The van der Waals surface area contributed by atoms with Crippen LogP contribution in [0.2, 0.25) is 0 Å². The van der Waals surface area contributed by atoms with Crippen LogP contribution in [0.1, 0.15) is 10.4 Å². The van der Waals surface area contributed by atoms with Gasteiger partial charge in [0.25, 0.3) is 0 Å². The van der Waals surface area contributed by atoms with Crippen LogP contribution in [0.3, 0.4) is 0 Å². The Morgan fingerprint density at radius 2 is 2.00 bits per heavy atom. The molecule has 0 aliphatic carbocycles. The Morgan fingerprint density at radius 1 is 1.19 bits per heavy atom. The molecular weight excluding hydrogens is 208 g/mol. The topological polar surface area (TPSA) is 83.3 Å². The van der Waals surface area contributed by atoms with Crippen LogP contribution in [0.25, 0.3) is 11.1 Å². The monoisotopic (exact) mass is 216 g/mol. The number of aromatic hydroxyl groups is 1. The first-order chi connectivity index (χ1) is 7.70. The van der Waals surface area contributed by atoms with Crippen molar-refractivity contribution in [1.29, 1.82) is 0 Å². The van der Waals surface area contributed by atoms with E-state index < -0.39 is 5.97 Å². The Morgan fingerprint density at radius 3 is 2.62 bits per heavy atom. The van der Waals surface area contributed by atoms with Gasteiger partial charge in [-0.2, -0.15) is 0 Å². The maximum Gasteiger partial charge on any atom is 0.340 e. The van der Waals surface area contributed by atoms with E-state index in [4.69, 9.17) is 5.11 Å². The summed E-state index contributed by atoms with van der Waals surface area (Å²) < 4.78 is 0. The number of hydrogen-bond acceptors (Lipinski definition) is 4. The van der Waals surface area contributed by atoms with E-state index in [1.807, 2.05) is 0 Å². The molecule has 0 aromatic carbocycles. The van der Waals surface area contributed by atoms with Crippen LogP contribution in [0, 0.1) is 0 Å². The predicted octanol–water partition coefficient (Wildman–Crippen LogP) is 1.55. The fraction of sp³-hybridized carbons (Fsp3) is 0. The number of pyridine rings is 2. The molecule has 2 heterocycles. The third kappa shape index (κ3) is 1.70. The molecule has 0 bridgehead atoms. The first-order valence-corrected chi connectivity index (χ1v) is 4.51. The first-order valence-electron chi connectivity index (χ1n) is 4.51. The summed E-state index contributed by atoms with van der Waals surface area (Å²) in [6, 6.07) is 3.39. The molecule has 0 aliphatic heterocycles. The van der Waals surface area contributed by atoms with Crippen molar-refractivity contribution in [2.24, 2.45) is 0 Å². The summed E-state index contributed by atoms with van der Waals surface area (Å²) in [7, 11) is 0. The molecule has 2 aromatic rings. The maximum absolute atomic E-state index is 11.0. The summed E-state index contributed by atoms with van der Waals surface area (Å²) in [6.45, 7) is 0. The van der Waals surface area contributed by atoms with Crippen LogP contribution in [0.4, 0.5) is 0 Å². The highest BCUT2D eigenvalue weighted by molar-refractivity contribution is 5.98. The number of carboxylic acid groups (broad SMARTS) is 1. The zero-order chi connectivity index (χ0) is 11.5. The van der Waals surface area contributed by atoms with E-state index in [-0.39, 0.29) is 11.3 Å². The van der Waals surface area contributed by atoms with E-state index >= 15 is 0 Å². The highest BCUT2D eigenvalue weighted by Gasteiger charge is 2.16. The van der Waals surface area contributed by atoms with Crippen molar-refractivity contribution in [3.63, 3.8) is 0 Å². The molecule has 0 aliphatic rings. The summed E-state index contributed by atoms with van der Waals surface area (Å²) in [5, 5.41) is 18.5. The maximum atomic E-state index is 11.0. The SMILES string of the molecule is O=C(O)c1c(O)cncc1-c1cccnc1. The highest BCUT2D eigenvalue weighted by Crippen LogP contribution is 2.28. The van der Waals surface area contributed by atoms with Gasteiger partial charge in [-0.25, -0.2) is 4.79 Å². The van der Waals surface area contributed by atoms with Crippen molar-refractivity contribution in [1.82, 2.24) is 9.97 Å². The zero-order valence-electron chi connectivity index (χ0n) is 8.16. The first kappa shape index (κ1) is 10.1. The molecular formula is C11H8N2O3. The Balaban J connectivity index is 2.66. The van der Waals surface area contributed by atoms with Gasteiger partial charge in [-0.3, -0.25) is 9.97 Å². The minimum atomic E-state index is -1.20. The fourth-order valence-electron chi connectivity index (χ4n) is 1.42. The molecule has 16 heavy (non-hydrogen) atoms. The van der Waals surface area contributed by atoms with Gasteiger partial charge in [0.05, 0.1) is 6.20 Å². The summed E-state index contributed by atoms with van der Waals surface area (Å²) in [5.74, 6) is -1.55. The van der Waals surface area contributed by atoms with E-state index in [0.717, 1.165) is 6.20 Å². The van der Waals surface area contributed by atoms with Gasteiger partial charge in [0.15, 0.2) is 0 Å². The minimum absolute atomic E-state index is 0.164. The summed E-state index contributed by atoms with van der Waals surface area (Å²) in [4.78, 5) is 18.7. The Kier molecular flexibility index (Phi) is 2.51. The van der Waals surface area contributed by atoms with Crippen LogP contribution in [0.5, 0.6) is 5.75 Å². The van der Waals surface area contributed by atoms with Crippen molar-refractivity contribution < 1.29 is 15.0 Å². The third-order valence-corrected chi connectivity index (χ3v) is 2.11. The summed E-state index contributed by atoms with van der Waals surface area (Å²) in [6.07, 6.45) is 5.59. The van der Waals surface area contributed by atoms with Crippen molar-refractivity contribution in [2.45, 2.75) is 0 Å². The van der Waals surface area contributed by atoms with E-state index in [9.17, 15) is 9.90 Å². The van der Waals surface area contributed by atoms with Gasteiger partial charge in [0, 0.05) is 29.7 Å². The Bertz CT molecular complexity index is 526. The van der Waals surface area contributed by atoms with Crippen LogP contribution >= 0.6 is 0 Å². The van der Waals surface area contributed by atoms with Gasteiger partial charge in [-0.05, 0) is 6.07 Å². The normalized spacial score (nSPS) is 10.0. The average molecular weight is 216 g/mol. The van der Waals surface area contributed by atoms with Crippen molar-refractivity contribution >= 4 is 5.97 Å². The van der Waals surface area contributed by atoms with Crippen molar-refractivity contribution in [3.8, 4) is 16.9 Å². The van der Waals surface area contributed by atoms with Gasteiger partial charge in [0.1, 0.15) is 11.3 Å². The fourth-order valence-corrected chi connectivity index (χ4v) is 1.42. The molecule has 0 saturated carbocycles. The number of aromatic nitrogens is 2. The molecule has 80 valence electrons. The molecule has 5 heteroatoms. The zero-order valence-corrected chi connectivity index (χ0v) is 8.16. The van der Waals surface area contributed by atoms with E-state index in [1.165, 1.54) is 12.4 Å². The lowest BCUT2D eigenvalue weighted by molar-refractivity contribution is 0.0694. The third-order valence-electron chi connectivity index (χ3n) is 2.11. The lowest BCUT2D eigenvalue weighted by Crippen LogP contribution is -2.01. The lowest BCUT2D eigenvalue weighted by Gasteiger charge is -2.06. The number of carbonyl (C=O) groups is 1. The predicted molar refractivity (Wildman–Crippen MR) is 56.1 cm³/mol. The van der Waals surface area contributed by atoms with Gasteiger partial charge in [-0.1, -0.05) is 6.07 Å². The van der Waals surface area contributed by atoms with Crippen LogP contribution in [-0.2, 0) is 0 Å². The molecule has 2 aromatic heterocycles. The second-order valence-corrected chi connectivity index (χ2v) is 3.13. The van der Waals surface area contributed by atoms with Gasteiger partial charge in [-0.15, -0.1) is 0 Å². The van der Waals surface area contributed by atoms with Crippen molar-refractivity contribution in [2.75, 3.05) is 0 Å². The molecule has 0 amide bonds. The molecule has 0 fully saturated rings. The molecule has 5 nitrogen and oxygen atoms in total. The molecule has 0 atom stereocenters. The Labute approximate surface area is 91.0 Å². The molecule has 2 N–H and O–H groups in total. The van der Waals surface area contributed by atoms with Crippen LogP contribution in [0.15, 0.2) is 36.9 Å². The molecule has 0 unspecified atom stereocenters.